The zero-order chi connectivity index (χ0) is 16.6. The summed E-state index contributed by atoms with van der Waals surface area (Å²) in [5.41, 5.74) is 2.56. The molecule has 1 saturated heterocycles. The summed E-state index contributed by atoms with van der Waals surface area (Å²) >= 11 is 0. The fourth-order valence-corrected chi connectivity index (χ4v) is 3.39. The number of guanidine groups is 1. The fourth-order valence-electron chi connectivity index (χ4n) is 3.39. The van der Waals surface area contributed by atoms with Gasteiger partial charge in [-0.25, -0.2) is 0 Å². The average molecular weight is 327 g/mol. The molecule has 0 unspecified atom stereocenters. The minimum absolute atomic E-state index is 0.883. The molecule has 1 fully saturated rings. The van der Waals surface area contributed by atoms with Gasteiger partial charge in [0, 0.05) is 37.2 Å². The topological polar surface area (TPSA) is 55.5 Å². The number of aliphatic imine (C=N–C) groups is 1. The molecule has 5 heteroatoms. The molecule has 0 saturated carbocycles. The highest BCUT2D eigenvalue weighted by molar-refractivity contribution is 5.83. The third kappa shape index (κ3) is 4.51. The molecule has 0 spiro atoms. The van der Waals surface area contributed by atoms with E-state index in [0.717, 1.165) is 25.5 Å². The van der Waals surface area contributed by atoms with Gasteiger partial charge in [0.2, 0.25) is 0 Å². The second-order valence-corrected chi connectivity index (χ2v) is 6.44. The summed E-state index contributed by atoms with van der Waals surface area (Å²) in [5, 5.41) is 8.14. The molecule has 1 aromatic heterocycles. The van der Waals surface area contributed by atoms with Crippen molar-refractivity contribution in [1.82, 2.24) is 20.5 Å². The Morgan fingerprint density at radius 2 is 1.96 bits per heavy atom. The predicted octanol–water partition coefficient (Wildman–Crippen LogP) is 2.36. The van der Waals surface area contributed by atoms with E-state index < -0.39 is 0 Å². The first kappa shape index (κ1) is 16.8. The van der Waals surface area contributed by atoms with Crippen molar-refractivity contribution in [3.63, 3.8) is 0 Å². The molecule has 3 rings (SSSR count). The van der Waals surface area contributed by atoms with Crippen molar-refractivity contribution in [2.24, 2.45) is 4.99 Å². The van der Waals surface area contributed by atoms with E-state index >= 15 is 0 Å². The number of rotatable bonds is 7. The van der Waals surface area contributed by atoms with Crippen LogP contribution in [0.5, 0.6) is 0 Å². The molecule has 0 amide bonds. The van der Waals surface area contributed by atoms with E-state index in [-0.39, 0.29) is 0 Å². The highest BCUT2D eigenvalue weighted by Gasteiger charge is 2.10. The van der Waals surface area contributed by atoms with Crippen LogP contribution in [0.25, 0.3) is 10.9 Å². The second-order valence-electron chi connectivity index (χ2n) is 6.44. The lowest BCUT2D eigenvalue weighted by Gasteiger charge is -2.15. The Kier molecular flexibility index (Phi) is 6.13. The number of fused-ring (bicyclic) bond motifs is 1. The van der Waals surface area contributed by atoms with Crippen molar-refractivity contribution < 1.29 is 0 Å². The van der Waals surface area contributed by atoms with Gasteiger partial charge < -0.3 is 20.5 Å². The fraction of sp³-hybridized carbons (Fsp3) is 0.526. The number of H-pyrrole nitrogens is 1. The van der Waals surface area contributed by atoms with Crippen LogP contribution in [0.4, 0.5) is 0 Å². The summed E-state index contributed by atoms with van der Waals surface area (Å²) in [6.07, 6.45) is 7.00. The number of nitrogens with zero attached hydrogens (tertiary/aromatic N) is 2. The molecule has 0 aliphatic carbocycles. The van der Waals surface area contributed by atoms with E-state index in [4.69, 9.17) is 0 Å². The van der Waals surface area contributed by atoms with Crippen molar-refractivity contribution >= 4 is 16.9 Å². The van der Waals surface area contributed by atoms with Crippen LogP contribution in [0.3, 0.4) is 0 Å². The van der Waals surface area contributed by atoms with Crippen molar-refractivity contribution in [1.29, 1.82) is 0 Å². The summed E-state index contributed by atoms with van der Waals surface area (Å²) in [6.45, 7) is 5.60. The van der Waals surface area contributed by atoms with E-state index in [1.165, 1.54) is 55.4 Å². The monoisotopic (exact) mass is 327 g/mol. The predicted molar refractivity (Wildman–Crippen MR) is 102 cm³/mol. The van der Waals surface area contributed by atoms with Crippen LogP contribution in [0.1, 0.15) is 24.8 Å². The molecule has 130 valence electrons. The molecule has 3 N–H and O–H groups in total. The molecule has 0 radical (unpaired) electrons. The molecule has 1 aliphatic heterocycles. The summed E-state index contributed by atoms with van der Waals surface area (Å²) in [5.74, 6) is 0.899. The van der Waals surface area contributed by atoms with Crippen LogP contribution in [0, 0.1) is 0 Å². The van der Waals surface area contributed by atoms with Gasteiger partial charge in [0.15, 0.2) is 5.96 Å². The van der Waals surface area contributed by atoms with Gasteiger partial charge in [0.05, 0.1) is 0 Å². The van der Waals surface area contributed by atoms with Gasteiger partial charge in [-0.2, -0.15) is 0 Å². The maximum absolute atomic E-state index is 4.31. The standard InChI is InChI=1S/C19H29N5/c1-20-19(21-10-6-14-24-12-4-5-13-24)22-11-9-16-15-23-18-8-3-2-7-17(16)18/h2-3,7-8,15,23H,4-6,9-14H2,1H3,(H2,20,21,22). The lowest BCUT2D eigenvalue weighted by atomic mass is 10.1. The largest absolute Gasteiger partial charge is 0.361 e. The first-order valence-corrected chi connectivity index (χ1v) is 9.08. The van der Waals surface area contributed by atoms with Gasteiger partial charge in [0.25, 0.3) is 0 Å². The van der Waals surface area contributed by atoms with E-state index in [2.05, 4.69) is 56.0 Å². The number of benzene rings is 1. The quantitative estimate of drug-likeness (QED) is 0.416. The lowest BCUT2D eigenvalue weighted by Crippen LogP contribution is -2.39. The summed E-state index contributed by atoms with van der Waals surface area (Å²) < 4.78 is 0. The van der Waals surface area contributed by atoms with Crippen molar-refractivity contribution in [2.45, 2.75) is 25.7 Å². The summed E-state index contributed by atoms with van der Waals surface area (Å²) in [7, 11) is 1.83. The van der Waals surface area contributed by atoms with E-state index in [1.807, 2.05) is 7.05 Å². The van der Waals surface area contributed by atoms with Gasteiger partial charge >= 0.3 is 0 Å². The van der Waals surface area contributed by atoms with Crippen molar-refractivity contribution in [3.05, 3.63) is 36.0 Å². The van der Waals surface area contributed by atoms with E-state index in [1.54, 1.807) is 0 Å². The molecule has 2 heterocycles. The minimum atomic E-state index is 0.883. The van der Waals surface area contributed by atoms with E-state index in [0.29, 0.717) is 0 Å². The van der Waals surface area contributed by atoms with Crippen LogP contribution in [-0.2, 0) is 6.42 Å². The molecule has 1 aliphatic rings. The highest BCUT2D eigenvalue weighted by atomic mass is 15.2. The zero-order valence-corrected chi connectivity index (χ0v) is 14.6. The Balaban J connectivity index is 1.36. The number of hydrogen-bond donors (Lipinski definition) is 3. The summed E-state index contributed by atoms with van der Waals surface area (Å²) in [6, 6.07) is 8.45. The molecule has 0 atom stereocenters. The van der Waals surface area contributed by atoms with Crippen LogP contribution in [0.2, 0.25) is 0 Å². The third-order valence-corrected chi connectivity index (χ3v) is 4.73. The number of nitrogens with one attached hydrogen (secondary N) is 3. The minimum Gasteiger partial charge on any atom is -0.361 e. The first-order chi connectivity index (χ1) is 11.9. The Morgan fingerprint density at radius 1 is 1.17 bits per heavy atom. The van der Waals surface area contributed by atoms with Gasteiger partial charge in [-0.3, -0.25) is 4.99 Å². The lowest BCUT2D eigenvalue weighted by molar-refractivity contribution is 0.334. The Hall–Kier alpha value is -2.01. The van der Waals surface area contributed by atoms with Gasteiger partial charge in [-0.05, 0) is 56.9 Å². The number of para-hydroxylation sites is 1. The number of aromatic amines is 1. The third-order valence-electron chi connectivity index (χ3n) is 4.73. The highest BCUT2D eigenvalue weighted by Crippen LogP contribution is 2.17. The maximum Gasteiger partial charge on any atom is 0.190 e. The number of aromatic nitrogens is 1. The maximum atomic E-state index is 4.31. The SMILES string of the molecule is CN=C(NCCCN1CCCC1)NCCc1c[nH]c2ccccc12. The van der Waals surface area contributed by atoms with Crippen molar-refractivity contribution in [3.8, 4) is 0 Å². The normalized spacial score (nSPS) is 16.0. The molecule has 2 aromatic rings. The number of likely N-dealkylation sites (tertiary alicyclic amines) is 1. The van der Waals surface area contributed by atoms with Gasteiger partial charge in [0.1, 0.15) is 0 Å². The van der Waals surface area contributed by atoms with Crippen LogP contribution < -0.4 is 10.6 Å². The van der Waals surface area contributed by atoms with Crippen LogP contribution in [-0.4, -0.2) is 55.6 Å². The van der Waals surface area contributed by atoms with Gasteiger partial charge in [-0.15, -0.1) is 0 Å². The molecular formula is C19H29N5. The van der Waals surface area contributed by atoms with Crippen LogP contribution >= 0.6 is 0 Å². The molecule has 1 aromatic carbocycles. The second kappa shape index (κ2) is 8.73. The number of hydrogen-bond acceptors (Lipinski definition) is 2. The Morgan fingerprint density at radius 3 is 2.79 bits per heavy atom. The molecular weight excluding hydrogens is 298 g/mol. The first-order valence-electron chi connectivity index (χ1n) is 9.08. The Bertz CT molecular complexity index is 655. The molecule has 24 heavy (non-hydrogen) atoms. The van der Waals surface area contributed by atoms with E-state index in [9.17, 15) is 0 Å². The zero-order valence-electron chi connectivity index (χ0n) is 14.6. The van der Waals surface area contributed by atoms with Crippen molar-refractivity contribution in [2.75, 3.05) is 39.8 Å². The molecule has 0 bridgehead atoms. The summed E-state index contributed by atoms with van der Waals surface area (Å²) in [4.78, 5) is 10.2. The average Bonchev–Trinajstić information content (AvgIpc) is 3.27. The Labute approximate surface area is 144 Å². The van der Waals surface area contributed by atoms with Crippen LogP contribution in [0.15, 0.2) is 35.5 Å². The molecule has 5 nitrogen and oxygen atoms in total. The smallest absolute Gasteiger partial charge is 0.190 e. The van der Waals surface area contributed by atoms with Gasteiger partial charge in [-0.1, -0.05) is 18.2 Å².